The number of carbonyl (C=O) groups is 1. The van der Waals surface area contributed by atoms with Crippen molar-refractivity contribution in [3.8, 4) is 28.1 Å². The van der Waals surface area contributed by atoms with Gasteiger partial charge in [0, 0.05) is 23.3 Å². The lowest BCUT2D eigenvalue weighted by atomic mass is 10.0. The fraction of sp³-hybridized carbons (Fsp3) is 0.143. The molecule has 1 heterocycles. The number of esters is 1. The van der Waals surface area contributed by atoms with E-state index in [4.69, 9.17) is 37.7 Å². The highest BCUT2D eigenvalue weighted by molar-refractivity contribution is 6.36. The third-order valence-corrected chi connectivity index (χ3v) is 6.88. The molecule has 0 fully saturated rings. The Morgan fingerprint density at radius 2 is 1.69 bits per heavy atom. The van der Waals surface area contributed by atoms with E-state index in [2.05, 4.69) is 36.4 Å². The zero-order valence-electron chi connectivity index (χ0n) is 23.8. The average Bonchev–Trinajstić information content (AvgIpc) is 3.40. The van der Waals surface area contributed by atoms with Gasteiger partial charge in [0.05, 0.1) is 30.0 Å². The number of aromatic nitrogens is 2. The second-order valence-corrected chi connectivity index (χ2v) is 10.1. The predicted molar refractivity (Wildman–Crippen MR) is 174 cm³/mol. The zero-order chi connectivity index (χ0) is 29.9. The zero-order valence-corrected chi connectivity index (χ0v) is 25.3. The van der Waals surface area contributed by atoms with Crippen molar-refractivity contribution in [1.29, 1.82) is 0 Å². The minimum absolute atomic E-state index is 0.391. The molecule has 4 rings (SSSR count). The molecule has 4 aromatic rings. The smallest absolute Gasteiger partial charge is 0.337 e. The summed E-state index contributed by atoms with van der Waals surface area (Å²) in [5.41, 5.74) is 5.27. The first-order valence-electron chi connectivity index (χ1n) is 13.5. The van der Waals surface area contributed by atoms with Gasteiger partial charge >= 0.3 is 5.97 Å². The van der Waals surface area contributed by atoms with Gasteiger partial charge in [0.2, 0.25) is 0 Å². The largest absolute Gasteiger partial charge is 0.494 e. The van der Waals surface area contributed by atoms with E-state index in [1.54, 1.807) is 30.4 Å². The number of imidazole rings is 1. The molecule has 0 saturated carbocycles. The van der Waals surface area contributed by atoms with E-state index >= 15 is 0 Å². The van der Waals surface area contributed by atoms with E-state index in [1.807, 2.05) is 67.1 Å². The maximum Gasteiger partial charge on any atom is 0.337 e. The maximum absolute atomic E-state index is 12.0. The van der Waals surface area contributed by atoms with Gasteiger partial charge in [-0.25, -0.2) is 9.78 Å². The monoisotopic (exact) mass is 598 g/mol. The summed E-state index contributed by atoms with van der Waals surface area (Å²) in [4.78, 5) is 16.8. The Morgan fingerprint density at radius 3 is 2.33 bits per heavy atom. The number of rotatable bonds is 11. The lowest BCUT2D eigenvalue weighted by molar-refractivity contribution is -0.135. The Morgan fingerprint density at radius 1 is 0.976 bits per heavy atom. The Kier molecular flexibility index (Phi) is 11.0. The van der Waals surface area contributed by atoms with Crippen LogP contribution in [-0.2, 0) is 16.1 Å². The van der Waals surface area contributed by atoms with Gasteiger partial charge in [-0.1, -0.05) is 90.0 Å². The second kappa shape index (κ2) is 15.1. The molecule has 42 heavy (non-hydrogen) atoms. The number of allylic oxidation sites excluding steroid dienone is 4. The van der Waals surface area contributed by atoms with Crippen LogP contribution in [0.3, 0.4) is 0 Å². The number of carbonyl (C=O) groups excluding carboxylic acids is 1. The fourth-order valence-electron chi connectivity index (χ4n) is 4.24. The molecular weight excluding hydrogens is 567 g/mol. The van der Waals surface area contributed by atoms with Gasteiger partial charge in [-0.15, -0.1) is 0 Å². The van der Waals surface area contributed by atoms with Crippen molar-refractivity contribution in [2.75, 3.05) is 13.7 Å². The number of hydrogen-bond acceptors (Lipinski definition) is 4. The van der Waals surface area contributed by atoms with E-state index in [0.29, 0.717) is 28.8 Å². The molecule has 0 spiro atoms. The van der Waals surface area contributed by atoms with Crippen LogP contribution >= 0.6 is 23.2 Å². The predicted octanol–water partition coefficient (Wildman–Crippen LogP) is 9.32. The second-order valence-electron chi connectivity index (χ2n) is 9.22. The van der Waals surface area contributed by atoms with Gasteiger partial charge in [0.1, 0.15) is 11.6 Å². The average molecular weight is 600 g/mol. The van der Waals surface area contributed by atoms with Crippen molar-refractivity contribution >= 4 is 41.3 Å². The van der Waals surface area contributed by atoms with E-state index in [1.165, 1.54) is 7.11 Å². The van der Waals surface area contributed by atoms with E-state index in [0.717, 1.165) is 39.5 Å². The molecule has 1 aromatic heterocycles. The van der Waals surface area contributed by atoms with Gasteiger partial charge in [0.15, 0.2) is 0 Å². The third kappa shape index (κ3) is 8.12. The lowest BCUT2D eigenvalue weighted by Gasteiger charge is -2.06. The lowest BCUT2D eigenvalue weighted by Crippen LogP contribution is -2.02. The molecule has 3 aromatic carbocycles. The maximum atomic E-state index is 12.0. The molecule has 0 aliphatic heterocycles. The Bertz CT molecular complexity index is 1630. The quantitative estimate of drug-likeness (QED) is 0.0980. The fourth-order valence-corrected chi connectivity index (χ4v) is 4.74. The number of methoxy groups -OCH3 is 1. The van der Waals surface area contributed by atoms with Crippen molar-refractivity contribution in [2.24, 2.45) is 0 Å². The molecule has 0 N–H and O–H groups in total. The summed E-state index contributed by atoms with van der Waals surface area (Å²) >= 11 is 12.6. The summed E-state index contributed by atoms with van der Waals surface area (Å²) in [7, 11) is 1.37. The molecule has 0 radical (unpaired) electrons. The molecule has 0 aliphatic carbocycles. The van der Waals surface area contributed by atoms with E-state index in [-0.39, 0.29) is 0 Å². The topological polar surface area (TPSA) is 53.4 Å². The van der Waals surface area contributed by atoms with Crippen LogP contribution in [0.5, 0.6) is 5.75 Å². The summed E-state index contributed by atoms with van der Waals surface area (Å²) in [6, 6.07) is 21.8. The van der Waals surface area contributed by atoms with Crippen LogP contribution in [0.15, 0.2) is 109 Å². The molecule has 214 valence electrons. The Hall–Kier alpha value is -4.32. The molecule has 0 bridgehead atoms. The highest BCUT2D eigenvalue weighted by Crippen LogP contribution is 2.30. The number of halogens is 2. The van der Waals surface area contributed by atoms with E-state index < -0.39 is 5.97 Å². The number of nitrogens with zero attached hydrogens (tertiary/aromatic N) is 2. The normalized spacial score (nSPS) is 12.1. The van der Waals surface area contributed by atoms with Crippen LogP contribution in [-0.4, -0.2) is 29.2 Å². The molecule has 0 atom stereocenters. The van der Waals surface area contributed by atoms with Crippen LogP contribution in [0.2, 0.25) is 10.0 Å². The third-order valence-electron chi connectivity index (χ3n) is 6.33. The minimum atomic E-state index is -0.391. The van der Waals surface area contributed by atoms with Gasteiger partial charge in [-0.2, -0.15) is 0 Å². The SMILES string of the molecule is C\C=C/C(=C\C=C\Cn1cc(-c2ccc(Cl)cc2Cl)nc1/C=C/c1ccc(-c2ccc(OCC)cc2)cc1)C(=O)OC. The van der Waals surface area contributed by atoms with Gasteiger partial charge in [0.25, 0.3) is 0 Å². The summed E-state index contributed by atoms with van der Waals surface area (Å²) in [6.07, 6.45) is 15.0. The van der Waals surface area contributed by atoms with Crippen LogP contribution in [0, 0.1) is 0 Å². The highest BCUT2D eigenvalue weighted by atomic mass is 35.5. The first kappa shape index (κ1) is 30.6. The van der Waals surface area contributed by atoms with Crippen molar-refractivity contribution in [3.05, 3.63) is 130 Å². The molecular formula is C35H32Cl2N2O3. The molecule has 5 nitrogen and oxygen atoms in total. The van der Waals surface area contributed by atoms with E-state index in [9.17, 15) is 4.79 Å². The summed E-state index contributed by atoms with van der Waals surface area (Å²) < 4.78 is 12.4. The molecule has 0 aliphatic rings. The van der Waals surface area contributed by atoms with Crippen molar-refractivity contribution in [3.63, 3.8) is 0 Å². The van der Waals surface area contributed by atoms with Crippen LogP contribution in [0.4, 0.5) is 0 Å². The van der Waals surface area contributed by atoms with Crippen molar-refractivity contribution < 1.29 is 14.3 Å². The number of ether oxygens (including phenoxy) is 2. The molecule has 7 heteroatoms. The summed E-state index contributed by atoms with van der Waals surface area (Å²) in [5.74, 6) is 1.22. The van der Waals surface area contributed by atoms with Crippen molar-refractivity contribution in [1.82, 2.24) is 9.55 Å². The van der Waals surface area contributed by atoms with Crippen LogP contribution in [0.1, 0.15) is 25.2 Å². The standard InChI is InChI=1S/C35H32Cl2N2O3/c1-4-8-28(35(40)41-3)9-6-7-22-39-24-33(31-20-17-29(36)23-32(31)37)38-34(39)21-12-25-10-13-26(14-11-25)27-15-18-30(19-16-27)42-5-2/h4,6-21,23-24H,5,22H2,1-3H3/b7-6+,8-4-,21-12+,28-9+. The molecule has 0 unspecified atom stereocenters. The van der Waals surface area contributed by atoms with Gasteiger partial charge in [-0.05, 0) is 73.0 Å². The van der Waals surface area contributed by atoms with Crippen LogP contribution < -0.4 is 4.74 Å². The minimum Gasteiger partial charge on any atom is -0.494 e. The number of hydrogen-bond donors (Lipinski definition) is 0. The Balaban J connectivity index is 1.59. The first-order chi connectivity index (χ1) is 20.4. The van der Waals surface area contributed by atoms with Crippen LogP contribution in [0.25, 0.3) is 34.5 Å². The summed E-state index contributed by atoms with van der Waals surface area (Å²) in [5, 5.41) is 1.09. The summed E-state index contributed by atoms with van der Waals surface area (Å²) in [6.45, 7) is 4.99. The molecule has 0 saturated heterocycles. The first-order valence-corrected chi connectivity index (χ1v) is 14.3. The van der Waals surface area contributed by atoms with Crippen molar-refractivity contribution in [2.45, 2.75) is 20.4 Å². The Labute approximate surface area is 257 Å². The highest BCUT2D eigenvalue weighted by Gasteiger charge is 2.11. The molecule has 0 amide bonds. The van der Waals surface area contributed by atoms with Gasteiger partial charge < -0.3 is 14.0 Å². The number of benzene rings is 3. The van der Waals surface area contributed by atoms with Gasteiger partial charge in [-0.3, -0.25) is 0 Å².